The van der Waals surface area contributed by atoms with Gasteiger partial charge in [-0.15, -0.1) is 0 Å². The number of aryl methyl sites for hydroxylation is 1. The molecule has 0 fully saturated rings. The summed E-state index contributed by atoms with van der Waals surface area (Å²) >= 11 is 0. The summed E-state index contributed by atoms with van der Waals surface area (Å²) in [5.74, 6) is 0.607. The number of carbonyl (C=O) groups is 1. The van der Waals surface area contributed by atoms with E-state index in [1.807, 2.05) is 43.3 Å². The molecule has 0 bridgehead atoms. The normalized spacial score (nSPS) is 12.6. The van der Waals surface area contributed by atoms with E-state index in [2.05, 4.69) is 39.8 Å². The topological polar surface area (TPSA) is 78.9 Å². The van der Waals surface area contributed by atoms with Crippen molar-refractivity contribution in [1.82, 2.24) is 15.3 Å². The monoisotopic (exact) mass is 449 g/mol. The second-order valence-corrected chi connectivity index (χ2v) is 8.29. The van der Waals surface area contributed by atoms with Crippen LogP contribution in [0.3, 0.4) is 0 Å². The van der Waals surface area contributed by atoms with Crippen molar-refractivity contribution in [1.29, 1.82) is 0 Å². The van der Waals surface area contributed by atoms with Gasteiger partial charge in [0.25, 0.3) is 0 Å². The fourth-order valence-corrected chi connectivity index (χ4v) is 3.63. The second-order valence-electron chi connectivity index (χ2n) is 8.29. The van der Waals surface area contributed by atoms with Gasteiger partial charge in [0.05, 0.1) is 0 Å². The van der Waals surface area contributed by atoms with E-state index < -0.39 is 6.04 Å². The molecule has 0 aliphatic carbocycles. The highest BCUT2D eigenvalue weighted by atomic mass is 19.1. The second kappa shape index (κ2) is 11.9. The smallest absolute Gasteiger partial charge is 0.243 e. The van der Waals surface area contributed by atoms with Crippen LogP contribution in [-0.4, -0.2) is 28.0 Å². The highest BCUT2D eigenvalue weighted by Gasteiger charge is 2.20. The van der Waals surface area contributed by atoms with Crippen LogP contribution in [0, 0.1) is 12.7 Å². The fourth-order valence-electron chi connectivity index (χ4n) is 3.63. The van der Waals surface area contributed by atoms with Gasteiger partial charge in [0, 0.05) is 30.8 Å². The maximum Gasteiger partial charge on any atom is 0.243 e. The van der Waals surface area contributed by atoms with E-state index in [-0.39, 0.29) is 24.3 Å². The fraction of sp³-hybridized carbons (Fsp3) is 0.346. The Balaban J connectivity index is 1.76. The van der Waals surface area contributed by atoms with Crippen LogP contribution in [0.15, 0.2) is 60.7 Å². The van der Waals surface area contributed by atoms with Crippen LogP contribution in [-0.2, 0) is 17.8 Å². The summed E-state index contributed by atoms with van der Waals surface area (Å²) in [7, 11) is 0. The Morgan fingerprint density at radius 3 is 2.48 bits per heavy atom. The molecule has 1 heterocycles. The molecular formula is C26H32FN5O. The molecule has 1 aromatic heterocycles. The summed E-state index contributed by atoms with van der Waals surface area (Å²) in [5, 5.41) is 9.53. The highest BCUT2D eigenvalue weighted by Crippen LogP contribution is 2.15. The maximum atomic E-state index is 13.5. The molecule has 3 N–H and O–H groups in total. The largest absolute Gasteiger partial charge is 0.358 e. The van der Waals surface area contributed by atoms with E-state index >= 15 is 0 Å². The number of hydrogen-bond donors (Lipinski definition) is 3. The molecule has 7 heteroatoms. The third kappa shape index (κ3) is 7.86. The highest BCUT2D eigenvalue weighted by molar-refractivity contribution is 5.84. The minimum Gasteiger partial charge on any atom is -0.358 e. The van der Waals surface area contributed by atoms with Crippen molar-refractivity contribution in [2.45, 2.75) is 58.7 Å². The van der Waals surface area contributed by atoms with E-state index in [0.717, 1.165) is 24.1 Å². The first-order valence-corrected chi connectivity index (χ1v) is 11.4. The van der Waals surface area contributed by atoms with Crippen LogP contribution in [0.5, 0.6) is 0 Å². The van der Waals surface area contributed by atoms with Crippen LogP contribution in [0.25, 0.3) is 0 Å². The molecule has 0 spiro atoms. The number of anilines is 2. The van der Waals surface area contributed by atoms with Gasteiger partial charge in [0.15, 0.2) is 0 Å². The number of nitrogens with one attached hydrogen (secondary N) is 3. The van der Waals surface area contributed by atoms with Crippen molar-refractivity contribution in [2.75, 3.05) is 10.6 Å². The molecule has 33 heavy (non-hydrogen) atoms. The lowest BCUT2D eigenvalue weighted by atomic mass is 10.0. The molecule has 2 aromatic carbocycles. The van der Waals surface area contributed by atoms with Gasteiger partial charge in [0.2, 0.25) is 11.9 Å². The first kappa shape index (κ1) is 24.2. The third-order valence-corrected chi connectivity index (χ3v) is 5.23. The van der Waals surface area contributed by atoms with Gasteiger partial charge in [-0.25, -0.2) is 9.37 Å². The van der Waals surface area contributed by atoms with E-state index in [9.17, 15) is 9.18 Å². The Labute approximate surface area is 195 Å². The summed E-state index contributed by atoms with van der Waals surface area (Å²) in [6.45, 7) is 6.38. The summed E-state index contributed by atoms with van der Waals surface area (Å²) in [5.41, 5.74) is 2.53. The SMILES string of the molecule is CCCC(C)Nc1nc(C)cc(N[C@@H](Cc2ccccc2)C(=O)NCc2cccc(F)c2)n1. The number of halogens is 1. The van der Waals surface area contributed by atoms with Crippen molar-refractivity contribution in [2.24, 2.45) is 0 Å². The first-order valence-electron chi connectivity index (χ1n) is 11.4. The number of rotatable bonds is 11. The number of nitrogens with zero attached hydrogens (tertiary/aromatic N) is 2. The van der Waals surface area contributed by atoms with Gasteiger partial charge in [-0.2, -0.15) is 4.98 Å². The van der Waals surface area contributed by atoms with Crippen LogP contribution in [0.1, 0.15) is 43.5 Å². The Morgan fingerprint density at radius 1 is 1.00 bits per heavy atom. The molecule has 0 radical (unpaired) electrons. The Morgan fingerprint density at radius 2 is 1.76 bits per heavy atom. The van der Waals surface area contributed by atoms with Gasteiger partial charge < -0.3 is 16.0 Å². The van der Waals surface area contributed by atoms with Gasteiger partial charge in [0.1, 0.15) is 17.7 Å². The van der Waals surface area contributed by atoms with E-state index in [1.165, 1.54) is 12.1 Å². The van der Waals surface area contributed by atoms with Crippen molar-refractivity contribution in [3.8, 4) is 0 Å². The summed E-state index contributed by atoms with van der Waals surface area (Å²) < 4.78 is 13.5. The average molecular weight is 450 g/mol. The molecule has 1 unspecified atom stereocenters. The molecular weight excluding hydrogens is 417 g/mol. The molecule has 1 amide bonds. The molecule has 3 aromatic rings. The molecule has 6 nitrogen and oxygen atoms in total. The molecule has 0 saturated carbocycles. The lowest BCUT2D eigenvalue weighted by Gasteiger charge is -2.20. The van der Waals surface area contributed by atoms with Crippen molar-refractivity contribution in [3.63, 3.8) is 0 Å². The zero-order valence-corrected chi connectivity index (χ0v) is 19.4. The molecule has 0 aliphatic heterocycles. The third-order valence-electron chi connectivity index (χ3n) is 5.23. The number of hydrogen-bond acceptors (Lipinski definition) is 5. The van der Waals surface area contributed by atoms with E-state index in [4.69, 9.17) is 0 Å². The predicted molar refractivity (Wildman–Crippen MR) is 131 cm³/mol. The Bertz CT molecular complexity index is 1040. The lowest BCUT2D eigenvalue weighted by Crippen LogP contribution is -2.41. The molecule has 0 saturated heterocycles. The summed E-state index contributed by atoms with van der Waals surface area (Å²) in [6.07, 6.45) is 2.56. The quantitative estimate of drug-likeness (QED) is 0.389. The number of benzene rings is 2. The van der Waals surface area contributed by atoms with Crippen molar-refractivity contribution < 1.29 is 9.18 Å². The summed E-state index contributed by atoms with van der Waals surface area (Å²) in [6, 6.07) is 17.5. The van der Waals surface area contributed by atoms with Crippen LogP contribution >= 0.6 is 0 Å². The number of amides is 1. The number of carbonyl (C=O) groups excluding carboxylic acids is 1. The van der Waals surface area contributed by atoms with Crippen LogP contribution in [0.4, 0.5) is 16.2 Å². The van der Waals surface area contributed by atoms with Gasteiger partial charge in [-0.3, -0.25) is 4.79 Å². The Kier molecular flexibility index (Phi) is 8.75. The zero-order chi connectivity index (χ0) is 23.6. The minimum atomic E-state index is -0.559. The molecule has 3 rings (SSSR count). The van der Waals surface area contributed by atoms with Gasteiger partial charge in [-0.1, -0.05) is 55.8 Å². The van der Waals surface area contributed by atoms with E-state index in [0.29, 0.717) is 23.8 Å². The molecule has 174 valence electrons. The van der Waals surface area contributed by atoms with Crippen molar-refractivity contribution in [3.05, 3.63) is 83.3 Å². The average Bonchev–Trinajstić information content (AvgIpc) is 2.77. The van der Waals surface area contributed by atoms with Crippen LogP contribution < -0.4 is 16.0 Å². The standard InChI is InChI=1S/C26H32FN5O/c1-4-9-18(2)29-26-30-19(3)14-24(32-26)31-23(16-20-10-6-5-7-11-20)25(33)28-17-21-12-8-13-22(27)15-21/h5-8,10-15,18,23H,4,9,16-17H2,1-3H3,(H,28,33)(H2,29,30,31,32)/t18?,23-/m0/s1. The first-order chi connectivity index (χ1) is 15.9. The lowest BCUT2D eigenvalue weighted by molar-refractivity contribution is -0.122. The number of aromatic nitrogens is 2. The Hall–Kier alpha value is -3.48. The molecule has 2 atom stereocenters. The summed E-state index contributed by atoms with van der Waals surface area (Å²) in [4.78, 5) is 22.2. The zero-order valence-electron chi connectivity index (χ0n) is 19.4. The molecule has 0 aliphatic rings. The van der Waals surface area contributed by atoms with E-state index in [1.54, 1.807) is 12.1 Å². The minimum absolute atomic E-state index is 0.187. The predicted octanol–water partition coefficient (Wildman–Crippen LogP) is 4.86. The van der Waals surface area contributed by atoms with Gasteiger partial charge in [-0.05, 0) is 43.5 Å². The maximum absolute atomic E-state index is 13.5. The van der Waals surface area contributed by atoms with Gasteiger partial charge >= 0.3 is 0 Å². The van der Waals surface area contributed by atoms with Crippen LogP contribution in [0.2, 0.25) is 0 Å². The van der Waals surface area contributed by atoms with Crippen molar-refractivity contribution >= 4 is 17.7 Å².